The quantitative estimate of drug-likeness (QED) is 0.305. The zero-order valence-electron chi connectivity index (χ0n) is 17.7. The third-order valence-corrected chi connectivity index (χ3v) is 4.62. The Morgan fingerprint density at radius 2 is 1.64 bits per heavy atom. The molecule has 0 aliphatic carbocycles. The van der Waals surface area contributed by atoms with Gasteiger partial charge in [0.05, 0.1) is 25.2 Å². The molecule has 0 atom stereocenters. The molecule has 0 N–H and O–H groups in total. The molecule has 0 saturated heterocycles. The fourth-order valence-corrected chi connectivity index (χ4v) is 3.18. The molecule has 28 heavy (non-hydrogen) atoms. The Morgan fingerprint density at radius 1 is 0.964 bits per heavy atom. The lowest BCUT2D eigenvalue weighted by Crippen LogP contribution is -2.12. The number of benzene rings is 1. The van der Waals surface area contributed by atoms with Gasteiger partial charge in [0.25, 0.3) is 0 Å². The number of hydrogen-bond donors (Lipinski definition) is 0. The second-order valence-electron chi connectivity index (χ2n) is 7.40. The number of fused-ring (bicyclic) bond motifs is 1. The molecule has 0 aliphatic heterocycles. The Morgan fingerprint density at radius 3 is 2.29 bits per heavy atom. The minimum absolute atomic E-state index is 0.0863. The van der Waals surface area contributed by atoms with E-state index in [1.807, 2.05) is 26.0 Å². The van der Waals surface area contributed by atoms with Crippen molar-refractivity contribution in [3.8, 4) is 17.2 Å². The third-order valence-electron chi connectivity index (χ3n) is 4.62. The number of methoxy groups -OCH3 is 1. The van der Waals surface area contributed by atoms with Crippen molar-refractivity contribution < 1.29 is 18.6 Å². The van der Waals surface area contributed by atoms with E-state index >= 15 is 0 Å². The highest BCUT2D eigenvalue weighted by atomic mass is 16.5. The Balaban J connectivity index is 1.94. The van der Waals surface area contributed by atoms with Gasteiger partial charge in [-0.05, 0) is 32.4 Å². The lowest BCUT2D eigenvalue weighted by atomic mass is 10.1. The second kappa shape index (κ2) is 11.6. The first-order valence-electron chi connectivity index (χ1n) is 10.5. The van der Waals surface area contributed by atoms with Crippen LogP contribution in [-0.4, -0.2) is 19.8 Å². The fraction of sp³-hybridized carbons (Fsp3) is 0.609. The van der Waals surface area contributed by atoms with Gasteiger partial charge in [-0.1, -0.05) is 51.9 Å². The van der Waals surface area contributed by atoms with Crippen LogP contribution in [0.2, 0.25) is 0 Å². The van der Waals surface area contributed by atoms with E-state index in [-0.39, 0.29) is 11.9 Å². The molecule has 0 bridgehead atoms. The Bertz CT molecular complexity index is 778. The largest absolute Gasteiger partial charge is 0.493 e. The lowest BCUT2D eigenvalue weighted by Gasteiger charge is -2.15. The predicted octanol–water partition coefficient (Wildman–Crippen LogP) is 6.11. The average Bonchev–Trinajstić information content (AvgIpc) is 2.66. The van der Waals surface area contributed by atoms with Crippen LogP contribution in [0.4, 0.5) is 0 Å². The van der Waals surface area contributed by atoms with Crippen LogP contribution in [0.3, 0.4) is 0 Å². The van der Waals surface area contributed by atoms with Crippen LogP contribution in [0.15, 0.2) is 27.4 Å². The SMILES string of the molecule is CCCCCCCCCCOc1ccc2c(OC(C)C)c(OC)c(=O)oc2c1. The van der Waals surface area contributed by atoms with E-state index in [9.17, 15) is 4.79 Å². The zero-order valence-corrected chi connectivity index (χ0v) is 17.7. The summed E-state index contributed by atoms with van der Waals surface area (Å²) < 4.78 is 22.2. The standard InChI is InChI=1S/C23H34O5/c1-5-6-7-8-9-10-11-12-15-26-18-13-14-19-20(16-18)28-23(24)22(25-4)21(19)27-17(2)3/h13-14,16-17H,5-12,15H2,1-4H3. The fourth-order valence-electron chi connectivity index (χ4n) is 3.18. The van der Waals surface area contributed by atoms with Crippen molar-refractivity contribution in [2.24, 2.45) is 0 Å². The van der Waals surface area contributed by atoms with Gasteiger partial charge in [0, 0.05) is 6.07 Å². The second-order valence-corrected chi connectivity index (χ2v) is 7.40. The summed E-state index contributed by atoms with van der Waals surface area (Å²) in [5.74, 6) is 1.20. The molecular weight excluding hydrogens is 356 g/mol. The van der Waals surface area contributed by atoms with Crippen molar-refractivity contribution in [3.63, 3.8) is 0 Å². The first-order chi connectivity index (χ1) is 13.6. The molecule has 2 rings (SSSR count). The first-order valence-corrected chi connectivity index (χ1v) is 10.5. The molecule has 0 radical (unpaired) electrons. The first kappa shape index (κ1) is 22.1. The van der Waals surface area contributed by atoms with Gasteiger partial charge in [-0.2, -0.15) is 0 Å². The summed E-state index contributed by atoms with van der Waals surface area (Å²) in [5.41, 5.74) is -0.110. The van der Waals surface area contributed by atoms with E-state index in [0.29, 0.717) is 29.1 Å². The van der Waals surface area contributed by atoms with Crippen molar-refractivity contribution in [2.75, 3.05) is 13.7 Å². The van der Waals surface area contributed by atoms with Crippen LogP contribution in [-0.2, 0) is 0 Å². The number of ether oxygens (including phenoxy) is 3. The van der Waals surface area contributed by atoms with Gasteiger partial charge in [0.2, 0.25) is 5.75 Å². The van der Waals surface area contributed by atoms with Gasteiger partial charge < -0.3 is 18.6 Å². The van der Waals surface area contributed by atoms with E-state index in [0.717, 1.165) is 6.42 Å². The topological polar surface area (TPSA) is 57.9 Å². The number of unbranched alkanes of at least 4 members (excludes halogenated alkanes) is 7. The van der Waals surface area contributed by atoms with Gasteiger partial charge in [0.1, 0.15) is 11.3 Å². The minimum atomic E-state index is -0.550. The highest BCUT2D eigenvalue weighted by Gasteiger charge is 2.18. The summed E-state index contributed by atoms with van der Waals surface area (Å²) in [7, 11) is 1.44. The number of hydrogen-bond acceptors (Lipinski definition) is 5. The molecule has 0 fully saturated rings. The summed E-state index contributed by atoms with van der Waals surface area (Å²) in [6.07, 6.45) is 10.0. The minimum Gasteiger partial charge on any atom is -0.493 e. The highest BCUT2D eigenvalue weighted by molar-refractivity contribution is 5.86. The van der Waals surface area contributed by atoms with E-state index in [2.05, 4.69) is 6.92 Å². The maximum atomic E-state index is 12.2. The molecule has 1 aromatic heterocycles. The molecule has 1 heterocycles. The average molecular weight is 391 g/mol. The lowest BCUT2D eigenvalue weighted by molar-refractivity contribution is 0.229. The van der Waals surface area contributed by atoms with Crippen LogP contribution in [0.1, 0.15) is 72.1 Å². The van der Waals surface area contributed by atoms with Crippen LogP contribution >= 0.6 is 0 Å². The van der Waals surface area contributed by atoms with Gasteiger partial charge >= 0.3 is 5.63 Å². The van der Waals surface area contributed by atoms with Crippen LogP contribution < -0.4 is 19.8 Å². The maximum absolute atomic E-state index is 12.2. The smallest absolute Gasteiger partial charge is 0.383 e. The molecule has 2 aromatic rings. The predicted molar refractivity (Wildman–Crippen MR) is 113 cm³/mol. The van der Waals surface area contributed by atoms with Gasteiger partial charge in [-0.15, -0.1) is 0 Å². The highest BCUT2D eigenvalue weighted by Crippen LogP contribution is 2.35. The van der Waals surface area contributed by atoms with Crippen molar-refractivity contribution >= 4 is 11.0 Å². The molecule has 156 valence electrons. The van der Waals surface area contributed by atoms with Crippen molar-refractivity contribution in [1.82, 2.24) is 0 Å². The molecule has 0 saturated carbocycles. The summed E-state index contributed by atoms with van der Waals surface area (Å²) >= 11 is 0. The zero-order chi connectivity index (χ0) is 20.4. The summed E-state index contributed by atoms with van der Waals surface area (Å²) in [6, 6.07) is 5.47. The van der Waals surface area contributed by atoms with Crippen LogP contribution in [0, 0.1) is 0 Å². The Labute approximate surface area is 168 Å². The summed E-state index contributed by atoms with van der Waals surface area (Å²) in [4.78, 5) is 12.2. The normalized spacial score (nSPS) is 11.2. The van der Waals surface area contributed by atoms with E-state index in [1.165, 1.54) is 52.1 Å². The maximum Gasteiger partial charge on any atom is 0.383 e. The molecule has 5 nitrogen and oxygen atoms in total. The van der Waals surface area contributed by atoms with Gasteiger partial charge in [-0.3, -0.25) is 0 Å². The molecule has 0 unspecified atom stereocenters. The molecular formula is C23H34O5. The molecule has 0 amide bonds. The summed E-state index contributed by atoms with van der Waals surface area (Å²) in [5, 5.41) is 0.699. The molecule has 0 spiro atoms. The molecule has 0 aliphatic rings. The summed E-state index contributed by atoms with van der Waals surface area (Å²) in [6.45, 7) is 6.71. The molecule has 5 heteroatoms. The molecule has 1 aromatic carbocycles. The van der Waals surface area contributed by atoms with E-state index < -0.39 is 5.63 Å². The Kier molecular flexibility index (Phi) is 9.18. The Hall–Kier alpha value is -2.17. The van der Waals surface area contributed by atoms with E-state index in [4.69, 9.17) is 18.6 Å². The van der Waals surface area contributed by atoms with Gasteiger partial charge in [0.15, 0.2) is 5.75 Å². The van der Waals surface area contributed by atoms with E-state index in [1.54, 1.807) is 6.07 Å². The van der Waals surface area contributed by atoms with Crippen LogP contribution in [0.25, 0.3) is 11.0 Å². The number of rotatable bonds is 13. The van der Waals surface area contributed by atoms with Crippen LogP contribution in [0.5, 0.6) is 17.2 Å². The van der Waals surface area contributed by atoms with Crippen molar-refractivity contribution in [3.05, 3.63) is 28.6 Å². The third kappa shape index (κ3) is 6.47. The van der Waals surface area contributed by atoms with Crippen molar-refractivity contribution in [2.45, 2.75) is 78.2 Å². The van der Waals surface area contributed by atoms with Gasteiger partial charge in [-0.25, -0.2) is 4.79 Å². The van der Waals surface area contributed by atoms with Crippen molar-refractivity contribution in [1.29, 1.82) is 0 Å². The monoisotopic (exact) mass is 390 g/mol.